The predicted octanol–water partition coefficient (Wildman–Crippen LogP) is 0.524. The average Bonchev–Trinajstić information content (AvgIpc) is 3.40. The molecule has 0 spiro atoms. The molecule has 0 bridgehead atoms. The maximum Gasteiger partial charge on any atom is 0.187 e. The molecule has 0 amide bonds. The molecule has 20 unspecified atom stereocenters. The minimum atomic E-state index is -1.69. The van der Waals surface area contributed by atoms with Gasteiger partial charge >= 0.3 is 0 Å². The largest absolute Gasteiger partial charge is 0.394 e. The van der Waals surface area contributed by atoms with Gasteiger partial charge in [-0.3, -0.25) is 4.79 Å². The summed E-state index contributed by atoms with van der Waals surface area (Å²) < 4.78 is 23.8. The smallest absolute Gasteiger partial charge is 0.187 e. The molecule has 20 atom stereocenters. The summed E-state index contributed by atoms with van der Waals surface area (Å²) in [6, 6.07) is 0. The third-order valence-electron chi connectivity index (χ3n) is 15.3. The van der Waals surface area contributed by atoms with Crippen LogP contribution in [0, 0.1) is 40.4 Å². The zero-order valence-electron chi connectivity index (χ0n) is 32.2. The van der Waals surface area contributed by atoms with E-state index in [0.717, 1.165) is 12.8 Å². The van der Waals surface area contributed by atoms with Gasteiger partial charge in [0.25, 0.3) is 0 Å². The molecule has 0 aromatic heterocycles. The van der Waals surface area contributed by atoms with Gasteiger partial charge in [-0.2, -0.15) is 0 Å². The number of rotatable bonds is 10. The van der Waals surface area contributed by atoms with Crippen LogP contribution in [-0.4, -0.2) is 143 Å². The fourth-order valence-electron chi connectivity index (χ4n) is 11.8. The molecule has 0 aromatic carbocycles. The molecular weight excluding hydrogens is 692 g/mol. The molecule has 14 heteroatoms. The van der Waals surface area contributed by atoms with Gasteiger partial charge in [-0.1, -0.05) is 27.7 Å². The summed E-state index contributed by atoms with van der Waals surface area (Å²) >= 11 is 0. The van der Waals surface area contributed by atoms with Crippen LogP contribution in [0.15, 0.2) is 0 Å². The molecule has 9 N–H and O–H groups in total. The Morgan fingerprint density at radius 3 is 2.23 bits per heavy atom. The van der Waals surface area contributed by atoms with Gasteiger partial charge in [0, 0.05) is 17.8 Å². The molecule has 306 valence electrons. The Kier molecular flexibility index (Phi) is 11.9. The van der Waals surface area contributed by atoms with Gasteiger partial charge in [0.15, 0.2) is 12.6 Å². The second-order valence-electron chi connectivity index (χ2n) is 18.6. The molecule has 2 saturated heterocycles. The summed E-state index contributed by atoms with van der Waals surface area (Å²) in [5.74, 6) is -0.538. The molecule has 4 aliphatic carbocycles. The minimum absolute atomic E-state index is 0.0354. The van der Waals surface area contributed by atoms with Crippen LogP contribution >= 0.6 is 0 Å². The fraction of sp³-hybridized carbons (Fsp3) is 0.974. The van der Waals surface area contributed by atoms with Gasteiger partial charge in [0.05, 0.1) is 36.1 Å². The van der Waals surface area contributed by atoms with Crippen LogP contribution in [0.25, 0.3) is 0 Å². The summed E-state index contributed by atoms with van der Waals surface area (Å²) in [5, 5.41) is 98.5. The van der Waals surface area contributed by atoms with Gasteiger partial charge < -0.3 is 64.9 Å². The van der Waals surface area contributed by atoms with E-state index in [0.29, 0.717) is 50.9 Å². The Bertz CT molecular complexity index is 1300. The zero-order valence-corrected chi connectivity index (χ0v) is 32.2. The van der Waals surface area contributed by atoms with Crippen molar-refractivity contribution in [2.75, 3.05) is 6.61 Å². The van der Waals surface area contributed by atoms with Crippen molar-refractivity contribution in [2.24, 2.45) is 40.4 Å². The monoisotopic (exact) mass is 758 g/mol. The lowest BCUT2D eigenvalue weighted by Crippen LogP contribution is -2.66. The Morgan fingerprint density at radius 2 is 1.57 bits per heavy atom. The van der Waals surface area contributed by atoms with Gasteiger partial charge in [0.1, 0.15) is 48.5 Å². The van der Waals surface area contributed by atoms with Crippen molar-refractivity contribution in [3.8, 4) is 0 Å². The maximum absolute atomic E-state index is 14.2. The van der Waals surface area contributed by atoms with E-state index in [1.165, 1.54) is 6.92 Å². The number of ketones is 1. The number of ether oxygens (including phenoxy) is 4. The summed E-state index contributed by atoms with van der Waals surface area (Å²) in [6.45, 7) is 10.9. The van der Waals surface area contributed by atoms with Crippen molar-refractivity contribution in [2.45, 2.75) is 191 Å². The van der Waals surface area contributed by atoms with Crippen molar-refractivity contribution in [1.29, 1.82) is 0 Å². The van der Waals surface area contributed by atoms with Gasteiger partial charge in [0.2, 0.25) is 0 Å². The Morgan fingerprint density at radius 1 is 0.868 bits per heavy atom. The van der Waals surface area contributed by atoms with Crippen LogP contribution < -0.4 is 0 Å². The number of hydrogen-bond acceptors (Lipinski definition) is 14. The lowest BCUT2D eigenvalue weighted by molar-refractivity contribution is -0.370. The number of fused-ring (bicyclic) bond motifs is 5. The predicted molar refractivity (Wildman–Crippen MR) is 188 cm³/mol. The van der Waals surface area contributed by atoms with Gasteiger partial charge in [-0.05, 0) is 101 Å². The lowest BCUT2D eigenvalue weighted by Gasteiger charge is -2.63. The van der Waals surface area contributed by atoms with Gasteiger partial charge in [-0.15, -0.1) is 0 Å². The van der Waals surface area contributed by atoms with E-state index in [9.17, 15) is 50.8 Å². The molecular formula is C39H66O14. The summed E-state index contributed by atoms with van der Waals surface area (Å²) in [6.07, 6.45) is -10.4. The molecule has 6 aliphatic rings. The van der Waals surface area contributed by atoms with E-state index >= 15 is 0 Å². The number of aliphatic hydroxyl groups is 9. The fourth-order valence-corrected chi connectivity index (χ4v) is 11.8. The third kappa shape index (κ3) is 6.97. The first-order chi connectivity index (χ1) is 24.7. The van der Waals surface area contributed by atoms with Crippen LogP contribution in [0.5, 0.6) is 0 Å². The zero-order chi connectivity index (χ0) is 39.0. The number of Topliss-reactive ketones (excluding diaryl/α,β-unsaturated/α-hetero) is 1. The molecule has 6 fully saturated rings. The average molecular weight is 759 g/mol. The molecule has 6 rings (SSSR count). The third-order valence-corrected chi connectivity index (χ3v) is 15.3. The lowest BCUT2D eigenvalue weighted by atomic mass is 9.42. The Labute approximate surface area is 312 Å². The van der Waals surface area contributed by atoms with E-state index < -0.39 is 102 Å². The minimum Gasteiger partial charge on any atom is -0.394 e. The van der Waals surface area contributed by atoms with Crippen molar-refractivity contribution in [1.82, 2.24) is 0 Å². The van der Waals surface area contributed by atoms with E-state index in [1.54, 1.807) is 6.92 Å². The highest BCUT2D eigenvalue weighted by Crippen LogP contribution is 2.70. The van der Waals surface area contributed by atoms with Crippen molar-refractivity contribution < 1.29 is 69.7 Å². The highest BCUT2D eigenvalue weighted by molar-refractivity contribution is 5.83. The van der Waals surface area contributed by atoms with Crippen LogP contribution in [0.1, 0.15) is 106 Å². The first kappa shape index (κ1) is 41.8. The Hall–Kier alpha value is -0.850. The first-order valence-electron chi connectivity index (χ1n) is 20.0. The van der Waals surface area contributed by atoms with E-state index in [4.69, 9.17) is 18.9 Å². The second kappa shape index (κ2) is 15.1. The summed E-state index contributed by atoms with van der Waals surface area (Å²) in [4.78, 5) is 14.2. The SMILES string of the molecule is CC(C)CCC(O)C(C)(O)C1CCC2(O)C3CC(=O)C4CC(OC5OC(CO)C(O)C(O)C5OC5OC(C)C(O)C(O)C5O)CCC4(C)C3CCC12C. The molecule has 0 aromatic rings. The first-order valence-corrected chi connectivity index (χ1v) is 20.0. The van der Waals surface area contributed by atoms with Crippen LogP contribution in [0.4, 0.5) is 0 Å². The molecule has 53 heavy (non-hydrogen) atoms. The number of carbonyl (C=O) groups excluding carboxylic acids is 1. The Balaban J connectivity index is 1.17. The van der Waals surface area contributed by atoms with Crippen LogP contribution in [0.3, 0.4) is 0 Å². The van der Waals surface area contributed by atoms with E-state index in [-0.39, 0.29) is 35.9 Å². The number of aliphatic hydroxyl groups excluding tert-OH is 7. The van der Waals surface area contributed by atoms with Crippen LogP contribution in [-0.2, 0) is 23.7 Å². The standard InChI is InChI=1S/C39H66O14/c1-18(2)7-8-27(42)38(6,48)26-11-14-39(49)22-16-24(41)23-15-20(9-12-36(23,4)21(22)10-13-37(26,39)5)51-35-33(31(46)29(44)25(17-40)52-35)53-34-32(47)30(45)28(43)19(3)50-34/h18-23,25-35,40,42-49H,7-17H2,1-6H3. The normalized spacial score (nSPS) is 52.0. The number of hydrogen-bond donors (Lipinski definition) is 9. The number of carbonyl (C=O) groups is 1. The molecule has 2 heterocycles. The maximum atomic E-state index is 14.2. The molecule has 2 aliphatic heterocycles. The molecule has 0 radical (unpaired) electrons. The molecule has 14 nitrogen and oxygen atoms in total. The highest BCUT2D eigenvalue weighted by atomic mass is 16.8. The summed E-state index contributed by atoms with van der Waals surface area (Å²) in [5.41, 5.74) is -3.68. The van der Waals surface area contributed by atoms with Crippen LogP contribution in [0.2, 0.25) is 0 Å². The molecule has 4 saturated carbocycles. The van der Waals surface area contributed by atoms with E-state index in [1.807, 2.05) is 6.92 Å². The van der Waals surface area contributed by atoms with Crippen molar-refractivity contribution in [3.63, 3.8) is 0 Å². The summed E-state index contributed by atoms with van der Waals surface area (Å²) in [7, 11) is 0. The van der Waals surface area contributed by atoms with Gasteiger partial charge in [-0.25, -0.2) is 0 Å². The highest BCUT2D eigenvalue weighted by Gasteiger charge is 2.71. The van der Waals surface area contributed by atoms with Crippen molar-refractivity contribution in [3.05, 3.63) is 0 Å². The quantitative estimate of drug-likeness (QED) is 0.138. The van der Waals surface area contributed by atoms with Crippen molar-refractivity contribution >= 4 is 5.78 Å². The topological polar surface area (TPSA) is 236 Å². The second-order valence-corrected chi connectivity index (χ2v) is 18.6. The van der Waals surface area contributed by atoms with E-state index in [2.05, 4.69) is 20.8 Å².